The Kier molecular flexibility index (Phi) is 5.95. The van der Waals surface area contributed by atoms with Crippen molar-refractivity contribution < 1.29 is 14.4 Å². The van der Waals surface area contributed by atoms with Crippen molar-refractivity contribution in [2.24, 2.45) is 5.92 Å². The summed E-state index contributed by atoms with van der Waals surface area (Å²) in [7, 11) is 1.53. The van der Waals surface area contributed by atoms with Gasteiger partial charge in [0, 0.05) is 20.0 Å². The maximum absolute atomic E-state index is 12.6. The molecule has 2 N–H and O–H groups in total. The standard InChI is InChI=1S/C18H25N3O3/c1-4-21-16(23)10-9-14(18(24)20-11-15(22)19-3)17(21)13-7-5-12(2)6-8-13/h5-8,14,17H,4,9-11H2,1-3H3,(H,19,22)(H,20,24)/t14-,17+/m1/s1. The molecule has 130 valence electrons. The van der Waals surface area contributed by atoms with Crippen LogP contribution in [0.1, 0.15) is 36.9 Å². The Morgan fingerprint density at radius 3 is 2.50 bits per heavy atom. The van der Waals surface area contributed by atoms with Gasteiger partial charge >= 0.3 is 0 Å². The van der Waals surface area contributed by atoms with Crippen molar-refractivity contribution >= 4 is 17.7 Å². The zero-order chi connectivity index (χ0) is 17.7. The molecule has 2 rings (SSSR count). The van der Waals surface area contributed by atoms with Crippen LogP contribution in [0.25, 0.3) is 0 Å². The zero-order valence-corrected chi connectivity index (χ0v) is 14.5. The molecule has 6 nitrogen and oxygen atoms in total. The Morgan fingerprint density at radius 1 is 1.25 bits per heavy atom. The van der Waals surface area contributed by atoms with Gasteiger partial charge in [-0.05, 0) is 25.8 Å². The van der Waals surface area contributed by atoms with Crippen molar-refractivity contribution in [1.82, 2.24) is 15.5 Å². The molecule has 1 aliphatic heterocycles. The minimum atomic E-state index is -0.352. The highest BCUT2D eigenvalue weighted by molar-refractivity contribution is 5.88. The first-order valence-corrected chi connectivity index (χ1v) is 8.32. The summed E-state index contributed by atoms with van der Waals surface area (Å²) in [4.78, 5) is 38.0. The molecule has 1 aromatic carbocycles. The Labute approximate surface area is 142 Å². The average molecular weight is 331 g/mol. The van der Waals surface area contributed by atoms with Gasteiger partial charge in [0.2, 0.25) is 17.7 Å². The fourth-order valence-corrected chi connectivity index (χ4v) is 3.16. The Morgan fingerprint density at radius 2 is 1.92 bits per heavy atom. The summed E-state index contributed by atoms with van der Waals surface area (Å²) in [6.07, 6.45) is 0.849. The van der Waals surface area contributed by atoms with Crippen LogP contribution in [0.5, 0.6) is 0 Å². The lowest BCUT2D eigenvalue weighted by Crippen LogP contribution is -2.49. The molecular weight excluding hydrogens is 306 g/mol. The zero-order valence-electron chi connectivity index (χ0n) is 14.5. The van der Waals surface area contributed by atoms with Crippen molar-refractivity contribution in [3.8, 4) is 0 Å². The van der Waals surface area contributed by atoms with Crippen LogP contribution in [0.15, 0.2) is 24.3 Å². The second-order valence-corrected chi connectivity index (χ2v) is 6.07. The van der Waals surface area contributed by atoms with E-state index < -0.39 is 0 Å². The van der Waals surface area contributed by atoms with Crippen LogP contribution in [0.3, 0.4) is 0 Å². The predicted octanol–water partition coefficient (Wildman–Crippen LogP) is 1.16. The number of hydrogen-bond donors (Lipinski definition) is 2. The summed E-state index contributed by atoms with van der Waals surface area (Å²) < 4.78 is 0. The average Bonchev–Trinajstić information content (AvgIpc) is 2.59. The molecule has 0 aromatic heterocycles. The topological polar surface area (TPSA) is 78.5 Å². The van der Waals surface area contributed by atoms with Gasteiger partial charge in [0.05, 0.1) is 18.5 Å². The number of piperidine rings is 1. The van der Waals surface area contributed by atoms with Crippen molar-refractivity contribution in [1.29, 1.82) is 0 Å². The summed E-state index contributed by atoms with van der Waals surface area (Å²) in [6.45, 7) is 4.42. The molecular formula is C18H25N3O3. The van der Waals surface area contributed by atoms with Gasteiger partial charge in [0.25, 0.3) is 0 Å². The van der Waals surface area contributed by atoms with E-state index in [0.717, 1.165) is 11.1 Å². The van der Waals surface area contributed by atoms with E-state index in [2.05, 4.69) is 10.6 Å². The number of likely N-dealkylation sites (N-methyl/N-ethyl adjacent to an activating group) is 1. The lowest BCUT2D eigenvalue weighted by Gasteiger charge is -2.40. The van der Waals surface area contributed by atoms with Crippen molar-refractivity contribution in [3.63, 3.8) is 0 Å². The van der Waals surface area contributed by atoms with Crippen LogP contribution in [-0.4, -0.2) is 42.8 Å². The number of rotatable bonds is 5. The number of hydrogen-bond acceptors (Lipinski definition) is 3. The molecule has 2 atom stereocenters. The fourth-order valence-electron chi connectivity index (χ4n) is 3.16. The second kappa shape index (κ2) is 7.95. The first-order valence-electron chi connectivity index (χ1n) is 8.32. The van der Waals surface area contributed by atoms with E-state index in [4.69, 9.17) is 0 Å². The van der Waals surface area contributed by atoms with E-state index in [1.807, 2.05) is 38.1 Å². The molecule has 0 radical (unpaired) electrons. The van der Waals surface area contributed by atoms with E-state index in [1.54, 1.807) is 4.90 Å². The largest absolute Gasteiger partial charge is 0.358 e. The first-order chi connectivity index (χ1) is 11.5. The van der Waals surface area contributed by atoms with Crippen molar-refractivity contribution in [2.45, 2.75) is 32.7 Å². The van der Waals surface area contributed by atoms with E-state index >= 15 is 0 Å². The number of likely N-dealkylation sites (tertiary alicyclic amines) is 1. The lowest BCUT2D eigenvalue weighted by molar-refractivity contribution is -0.143. The van der Waals surface area contributed by atoms with E-state index in [9.17, 15) is 14.4 Å². The molecule has 6 heteroatoms. The summed E-state index contributed by atoms with van der Waals surface area (Å²) in [5.74, 6) is -0.710. The van der Waals surface area contributed by atoms with Crippen LogP contribution in [0, 0.1) is 12.8 Å². The van der Waals surface area contributed by atoms with Gasteiger partial charge in [0.15, 0.2) is 0 Å². The summed E-state index contributed by atoms with van der Waals surface area (Å²) in [6, 6.07) is 7.63. The quantitative estimate of drug-likeness (QED) is 0.850. The molecule has 0 aliphatic carbocycles. The molecule has 1 aliphatic rings. The summed E-state index contributed by atoms with van der Waals surface area (Å²) in [5, 5.41) is 5.17. The maximum atomic E-state index is 12.6. The third-order valence-electron chi connectivity index (χ3n) is 4.50. The highest BCUT2D eigenvalue weighted by Gasteiger charge is 2.39. The van der Waals surface area contributed by atoms with Crippen LogP contribution in [0.4, 0.5) is 0 Å². The Hall–Kier alpha value is -2.37. The van der Waals surface area contributed by atoms with Gasteiger partial charge in [0.1, 0.15) is 0 Å². The first kappa shape index (κ1) is 18.0. The number of amides is 3. The van der Waals surface area contributed by atoms with E-state index in [1.165, 1.54) is 7.05 Å². The van der Waals surface area contributed by atoms with Crippen LogP contribution in [0.2, 0.25) is 0 Å². The molecule has 1 aromatic rings. The molecule has 0 saturated carbocycles. The van der Waals surface area contributed by atoms with E-state index in [-0.39, 0.29) is 36.2 Å². The minimum Gasteiger partial charge on any atom is -0.358 e. The number of nitrogens with one attached hydrogen (secondary N) is 2. The Bertz CT molecular complexity index is 612. The van der Waals surface area contributed by atoms with Gasteiger partial charge in [-0.25, -0.2) is 0 Å². The third kappa shape index (κ3) is 3.93. The SMILES string of the molecule is CCN1C(=O)CC[C@@H](C(=O)NCC(=O)NC)[C@@H]1c1ccc(C)cc1. The van der Waals surface area contributed by atoms with Crippen molar-refractivity contribution in [3.05, 3.63) is 35.4 Å². The van der Waals surface area contributed by atoms with Gasteiger partial charge in [-0.15, -0.1) is 0 Å². The maximum Gasteiger partial charge on any atom is 0.239 e. The number of nitrogens with zero attached hydrogens (tertiary/aromatic N) is 1. The molecule has 1 heterocycles. The molecule has 0 spiro atoms. The highest BCUT2D eigenvalue weighted by atomic mass is 16.2. The highest BCUT2D eigenvalue weighted by Crippen LogP contribution is 2.36. The van der Waals surface area contributed by atoms with Gasteiger partial charge in [-0.3, -0.25) is 14.4 Å². The van der Waals surface area contributed by atoms with Gasteiger partial charge in [-0.1, -0.05) is 29.8 Å². The smallest absolute Gasteiger partial charge is 0.239 e. The molecule has 0 unspecified atom stereocenters. The van der Waals surface area contributed by atoms with E-state index in [0.29, 0.717) is 19.4 Å². The Balaban J connectivity index is 2.26. The normalized spacial score (nSPS) is 20.6. The summed E-state index contributed by atoms with van der Waals surface area (Å²) >= 11 is 0. The van der Waals surface area contributed by atoms with Crippen LogP contribution >= 0.6 is 0 Å². The number of aryl methyl sites for hydroxylation is 1. The fraction of sp³-hybridized carbons (Fsp3) is 0.500. The van der Waals surface area contributed by atoms with Crippen LogP contribution in [-0.2, 0) is 14.4 Å². The number of carbonyl (C=O) groups is 3. The second-order valence-electron chi connectivity index (χ2n) is 6.07. The van der Waals surface area contributed by atoms with Crippen molar-refractivity contribution in [2.75, 3.05) is 20.1 Å². The molecule has 0 bridgehead atoms. The number of carbonyl (C=O) groups excluding carboxylic acids is 3. The molecule has 1 saturated heterocycles. The number of benzene rings is 1. The minimum absolute atomic E-state index is 0.0491. The van der Waals surface area contributed by atoms with Gasteiger partial charge in [-0.2, -0.15) is 0 Å². The molecule has 1 fully saturated rings. The van der Waals surface area contributed by atoms with Gasteiger partial charge < -0.3 is 15.5 Å². The van der Waals surface area contributed by atoms with Crippen LogP contribution < -0.4 is 10.6 Å². The third-order valence-corrected chi connectivity index (χ3v) is 4.50. The summed E-state index contributed by atoms with van der Waals surface area (Å²) in [5.41, 5.74) is 2.08. The lowest BCUT2D eigenvalue weighted by atomic mass is 9.83. The molecule has 3 amide bonds. The molecule has 24 heavy (non-hydrogen) atoms. The monoisotopic (exact) mass is 331 g/mol. The predicted molar refractivity (Wildman–Crippen MR) is 91.1 cm³/mol.